The van der Waals surface area contributed by atoms with Crippen LogP contribution in [0.3, 0.4) is 0 Å². The van der Waals surface area contributed by atoms with Gasteiger partial charge in [-0.05, 0) is 49.2 Å². The van der Waals surface area contributed by atoms with Crippen LogP contribution in [0.2, 0.25) is 0 Å². The quantitative estimate of drug-likeness (QED) is 0.839. The maximum atomic E-state index is 12.4. The van der Waals surface area contributed by atoms with Gasteiger partial charge in [0.05, 0.1) is 0 Å². The normalized spacial score (nSPS) is 10.2. The van der Waals surface area contributed by atoms with Crippen molar-refractivity contribution in [3.8, 4) is 0 Å². The molecule has 2 rings (SSSR count). The van der Waals surface area contributed by atoms with Gasteiger partial charge in [0.15, 0.2) is 0 Å². The standard InChI is InChI=1S/C16H17N2O/c1-3-18(12-14-8-10-17-11-9-14)16(19)15-6-4-13(2)5-7-15/h4-11H,2-3,12H2,1H3. The Bertz CT molecular complexity index is 534. The van der Waals surface area contributed by atoms with Crippen molar-refractivity contribution >= 4 is 5.91 Å². The molecule has 0 aliphatic carbocycles. The Balaban J connectivity index is 2.13. The van der Waals surface area contributed by atoms with E-state index in [1.54, 1.807) is 12.4 Å². The number of hydrogen-bond acceptors (Lipinski definition) is 2. The Kier molecular flexibility index (Phi) is 4.29. The average Bonchev–Trinajstić information content (AvgIpc) is 2.46. The molecule has 0 saturated heterocycles. The van der Waals surface area contributed by atoms with Crippen molar-refractivity contribution in [3.63, 3.8) is 0 Å². The molecule has 1 amide bonds. The van der Waals surface area contributed by atoms with E-state index < -0.39 is 0 Å². The van der Waals surface area contributed by atoms with E-state index in [0.717, 1.165) is 11.1 Å². The summed E-state index contributed by atoms with van der Waals surface area (Å²) in [6.45, 7) is 7.08. The van der Waals surface area contributed by atoms with Crippen LogP contribution < -0.4 is 0 Å². The summed E-state index contributed by atoms with van der Waals surface area (Å²) in [7, 11) is 0. The second-order valence-corrected chi connectivity index (χ2v) is 4.37. The minimum atomic E-state index is 0.0410. The molecule has 0 unspecified atom stereocenters. The van der Waals surface area contributed by atoms with Gasteiger partial charge in [0.25, 0.3) is 5.91 Å². The molecule has 1 aromatic carbocycles. The molecule has 0 aliphatic heterocycles. The van der Waals surface area contributed by atoms with E-state index in [2.05, 4.69) is 11.9 Å². The lowest BCUT2D eigenvalue weighted by atomic mass is 10.1. The zero-order valence-electron chi connectivity index (χ0n) is 11.0. The molecule has 0 saturated carbocycles. The lowest BCUT2D eigenvalue weighted by Crippen LogP contribution is -2.30. The lowest BCUT2D eigenvalue weighted by molar-refractivity contribution is 0.0752. The summed E-state index contributed by atoms with van der Waals surface area (Å²) in [6, 6.07) is 11.2. The molecule has 0 spiro atoms. The summed E-state index contributed by atoms with van der Waals surface area (Å²) in [5, 5.41) is 0. The molecule has 1 aromatic heterocycles. The number of nitrogens with zero attached hydrogens (tertiary/aromatic N) is 2. The van der Waals surface area contributed by atoms with Gasteiger partial charge in [0.1, 0.15) is 0 Å². The second kappa shape index (κ2) is 6.14. The Labute approximate surface area is 113 Å². The molecule has 0 N–H and O–H groups in total. The van der Waals surface area contributed by atoms with Gasteiger partial charge < -0.3 is 4.90 Å². The highest BCUT2D eigenvalue weighted by molar-refractivity contribution is 5.94. The molecule has 1 radical (unpaired) electrons. The van der Waals surface area contributed by atoms with Crippen LogP contribution in [0, 0.1) is 6.92 Å². The van der Waals surface area contributed by atoms with Crippen molar-refractivity contribution in [2.24, 2.45) is 0 Å². The predicted molar refractivity (Wildman–Crippen MR) is 75.6 cm³/mol. The van der Waals surface area contributed by atoms with Gasteiger partial charge in [-0.1, -0.05) is 12.1 Å². The first-order valence-electron chi connectivity index (χ1n) is 6.31. The summed E-state index contributed by atoms with van der Waals surface area (Å²) in [5.74, 6) is 0.0410. The number of carbonyl (C=O) groups excluding carboxylic acids is 1. The topological polar surface area (TPSA) is 33.2 Å². The fourth-order valence-corrected chi connectivity index (χ4v) is 1.87. The maximum absolute atomic E-state index is 12.4. The average molecular weight is 253 g/mol. The van der Waals surface area contributed by atoms with Crippen molar-refractivity contribution < 1.29 is 4.79 Å². The molecule has 0 aliphatic rings. The van der Waals surface area contributed by atoms with Gasteiger partial charge in [-0.25, -0.2) is 0 Å². The van der Waals surface area contributed by atoms with Crippen LogP contribution in [0.1, 0.15) is 28.4 Å². The number of benzene rings is 1. The summed E-state index contributed by atoms with van der Waals surface area (Å²) in [5.41, 5.74) is 2.69. The van der Waals surface area contributed by atoms with Crippen LogP contribution in [0.4, 0.5) is 0 Å². The van der Waals surface area contributed by atoms with Crippen molar-refractivity contribution in [1.82, 2.24) is 9.88 Å². The fraction of sp³-hybridized carbons (Fsp3) is 0.188. The van der Waals surface area contributed by atoms with Crippen LogP contribution in [-0.4, -0.2) is 22.3 Å². The highest BCUT2D eigenvalue weighted by atomic mass is 16.2. The third-order valence-corrected chi connectivity index (χ3v) is 2.99. The number of pyridine rings is 1. The van der Waals surface area contributed by atoms with E-state index >= 15 is 0 Å². The largest absolute Gasteiger partial charge is 0.335 e. The number of rotatable bonds is 4. The minimum Gasteiger partial charge on any atom is -0.335 e. The summed E-state index contributed by atoms with van der Waals surface area (Å²) in [4.78, 5) is 18.2. The van der Waals surface area contributed by atoms with E-state index in [-0.39, 0.29) is 5.91 Å². The Morgan fingerprint density at radius 1 is 1.16 bits per heavy atom. The zero-order valence-corrected chi connectivity index (χ0v) is 11.0. The van der Waals surface area contributed by atoms with Gasteiger partial charge in [0, 0.05) is 31.0 Å². The number of amides is 1. The molecule has 0 fully saturated rings. The van der Waals surface area contributed by atoms with Gasteiger partial charge in [0.2, 0.25) is 0 Å². The fourth-order valence-electron chi connectivity index (χ4n) is 1.87. The van der Waals surface area contributed by atoms with Crippen molar-refractivity contribution in [2.75, 3.05) is 6.54 Å². The molecule has 19 heavy (non-hydrogen) atoms. The molecule has 97 valence electrons. The number of hydrogen-bond donors (Lipinski definition) is 0. The molecule has 1 heterocycles. The van der Waals surface area contributed by atoms with Crippen LogP contribution in [0.25, 0.3) is 0 Å². The number of aromatic nitrogens is 1. The molecule has 2 aromatic rings. The highest BCUT2D eigenvalue weighted by Gasteiger charge is 2.14. The van der Waals surface area contributed by atoms with E-state index in [1.807, 2.05) is 48.2 Å². The van der Waals surface area contributed by atoms with Crippen LogP contribution in [0.15, 0.2) is 48.8 Å². The molecule has 0 atom stereocenters. The Morgan fingerprint density at radius 2 is 1.79 bits per heavy atom. The van der Waals surface area contributed by atoms with Gasteiger partial charge >= 0.3 is 0 Å². The molecule has 3 nitrogen and oxygen atoms in total. The Morgan fingerprint density at radius 3 is 2.37 bits per heavy atom. The first kappa shape index (κ1) is 13.3. The first-order chi connectivity index (χ1) is 9.20. The molecular weight excluding hydrogens is 236 g/mol. The molecular formula is C16H17N2O. The molecule has 3 heteroatoms. The Hall–Kier alpha value is -2.16. The second-order valence-electron chi connectivity index (χ2n) is 4.37. The maximum Gasteiger partial charge on any atom is 0.254 e. The lowest BCUT2D eigenvalue weighted by Gasteiger charge is -2.21. The van der Waals surface area contributed by atoms with E-state index in [0.29, 0.717) is 18.7 Å². The number of carbonyl (C=O) groups is 1. The van der Waals surface area contributed by atoms with E-state index in [1.165, 1.54) is 0 Å². The third kappa shape index (κ3) is 3.41. The highest BCUT2D eigenvalue weighted by Crippen LogP contribution is 2.10. The summed E-state index contributed by atoms with van der Waals surface area (Å²) >= 11 is 0. The summed E-state index contributed by atoms with van der Waals surface area (Å²) < 4.78 is 0. The SMILES string of the molecule is [CH2]c1ccc(C(=O)N(CC)Cc2ccncc2)cc1. The van der Waals surface area contributed by atoms with Crippen LogP contribution >= 0.6 is 0 Å². The third-order valence-electron chi connectivity index (χ3n) is 2.99. The predicted octanol–water partition coefficient (Wildman–Crippen LogP) is 2.93. The molecule has 0 bridgehead atoms. The minimum absolute atomic E-state index is 0.0410. The van der Waals surface area contributed by atoms with Crippen molar-refractivity contribution in [1.29, 1.82) is 0 Å². The van der Waals surface area contributed by atoms with Crippen LogP contribution in [0.5, 0.6) is 0 Å². The van der Waals surface area contributed by atoms with Gasteiger partial charge in [-0.2, -0.15) is 0 Å². The van der Waals surface area contributed by atoms with Gasteiger partial charge in [-0.15, -0.1) is 0 Å². The van der Waals surface area contributed by atoms with Crippen LogP contribution in [-0.2, 0) is 6.54 Å². The monoisotopic (exact) mass is 253 g/mol. The van der Waals surface area contributed by atoms with Gasteiger partial charge in [-0.3, -0.25) is 9.78 Å². The van der Waals surface area contributed by atoms with E-state index in [9.17, 15) is 4.79 Å². The summed E-state index contributed by atoms with van der Waals surface area (Å²) in [6.07, 6.45) is 3.48. The van der Waals surface area contributed by atoms with Crippen molar-refractivity contribution in [2.45, 2.75) is 13.5 Å². The van der Waals surface area contributed by atoms with E-state index in [4.69, 9.17) is 0 Å². The smallest absolute Gasteiger partial charge is 0.254 e. The zero-order chi connectivity index (χ0) is 13.7. The first-order valence-corrected chi connectivity index (χ1v) is 6.31. The van der Waals surface area contributed by atoms with Crippen molar-refractivity contribution in [3.05, 3.63) is 72.4 Å².